The molecule has 59 heavy (non-hydrogen) atoms. The first-order valence-electron chi connectivity index (χ1n) is 17.9. The van der Waals surface area contributed by atoms with Gasteiger partial charge in [0.2, 0.25) is 0 Å². The quantitative estimate of drug-likeness (QED) is 0.0276. The normalized spacial score (nSPS) is 17.4. The number of nitrogens with zero attached hydrogens (tertiary/aromatic N) is 4. The van der Waals surface area contributed by atoms with Crippen molar-refractivity contribution in [3.05, 3.63) is 162 Å². The number of benzene rings is 3. The predicted octanol–water partition coefficient (Wildman–Crippen LogP) is 8.62. The number of halogens is 4. The number of carbonyl (C=O) groups is 1. The van der Waals surface area contributed by atoms with Gasteiger partial charge >= 0.3 is 13.8 Å². The number of phosphoric ester groups is 1. The fourth-order valence-corrected chi connectivity index (χ4v) is 8.23. The average Bonchev–Trinajstić information content (AvgIpc) is 3.74. The molecule has 310 valence electrons. The number of thioether (sulfide) groups is 1. The molecule has 1 saturated heterocycles. The smallest absolute Gasteiger partial charge is 0.447 e. The minimum absolute atomic E-state index is 0.112. The maximum absolute atomic E-state index is 16.0. The number of nitriles is 1. The van der Waals surface area contributed by atoms with Gasteiger partial charge in [-0.25, -0.2) is 36.6 Å². The van der Waals surface area contributed by atoms with Crippen LogP contribution in [0.1, 0.15) is 39.5 Å². The molecule has 1 aliphatic heterocycles. The molecule has 3 aromatic carbocycles. The largest absolute Gasteiger partial charge is 0.475 e. The molecule has 0 radical (unpaired) electrons. The number of rotatable bonds is 20. The minimum atomic E-state index is -4.27. The van der Waals surface area contributed by atoms with E-state index in [1.807, 2.05) is 6.07 Å². The lowest BCUT2D eigenvalue weighted by Gasteiger charge is -2.40. The van der Waals surface area contributed by atoms with Crippen molar-refractivity contribution in [2.24, 2.45) is 0 Å². The molecule has 5 rings (SSSR count). The van der Waals surface area contributed by atoms with E-state index in [1.54, 1.807) is 25.2 Å². The van der Waals surface area contributed by atoms with Crippen LogP contribution in [0.5, 0.6) is 0 Å². The second-order valence-electron chi connectivity index (χ2n) is 12.7. The van der Waals surface area contributed by atoms with Gasteiger partial charge in [0.25, 0.3) is 0 Å². The number of ether oxygens (including phenoxy) is 3. The molecule has 2 atom stereocenters. The lowest BCUT2D eigenvalue weighted by molar-refractivity contribution is -0.146. The average molecular weight is 855 g/mol. The van der Waals surface area contributed by atoms with E-state index in [9.17, 15) is 22.5 Å². The van der Waals surface area contributed by atoms with Gasteiger partial charge in [-0.2, -0.15) is 10.4 Å². The summed E-state index contributed by atoms with van der Waals surface area (Å²) in [7, 11) is -4.27. The third-order valence-corrected chi connectivity index (χ3v) is 11.4. The SMILES string of the molecule is C=CCOP(=O)(OCC=C)OCc1cc(F)ccc1C(=O)OC(Cn1cncn1)(c1ccc(F)cc1F)C(C)SC1COC(C=CC=Cc2ccc(C#N)cc2F)OC1. The highest BCUT2D eigenvalue weighted by Crippen LogP contribution is 2.50. The highest BCUT2D eigenvalue weighted by atomic mass is 32.2. The summed E-state index contributed by atoms with van der Waals surface area (Å²) in [5.74, 6) is -4.28. The molecule has 0 aliphatic carbocycles. The van der Waals surface area contributed by atoms with Gasteiger partial charge in [-0.3, -0.25) is 13.6 Å². The highest BCUT2D eigenvalue weighted by Gasteiger charge is 2.47. The van der Waals surface area contributed by atoms with Crippen molar-refractivity contribution in [2.45, 2.75) is 42.5 Å². The topological polar surface area (TPSA) is 144 Å². The molecule has 18 heteroatoms. The van der Waals surface area contributed by atoms with E-state index in [4.69, 9.17) is 33.0 Å². The first kappa shape index (κ1) is 44.9. The number of carbonyl (C=O) groups excluding carboxylic acids is 1. The summed E-state index contributed by atoms with van der Waals surface area (Å²) in [4.78, 5) is 18.3. The van der Waals surface area contributed by atoms with Crippen LogP contribution in [0.2, 0.25) is 0 Å². The second kappa shape index (κ2) is 21.2. The van der Waals surface area contributed by atoms with Crippen LogP contribution in [0.25, 0.3) is 6.08 Å². The maximum Gasteiger partial charge on any atom is 0.475 e. The van der Waals surface area contributed by atoms with Crippen molar-refractivity contribution in [1.29, 1.82) is 5.26 Å². The van der Waals surface area contributed by atoms with E-state index in [0.717, 1.165) is 36.4 Å². The monoisotopic (exact) mass is 854 g/mol. The Labute approximate surface area is 342 Å². The van der Waals surface area contributed by atoms with Crippen LogP contribution >= 0.6 is 19.6 Å². The molecule has 2 unspecified atom stereocenters. The third-order valence-electron chi connectivity index (χ3n) is 8.62. The number of allylic oxidation sites excluding steroid dienone is 2. The number of aromatic nitrogens is 3. The Morgan fingerprint density at radius 1 is 1.02 bits per heavy atom. The molecule has 0 spiro atoms. The van der Waals surface area contributed by atoms with Gasteiger partial charge in [0.05, 0.1) is 62.0 Å². The van der Waals surface area contributed by atoms with Crippen molar-refractivity contribution in [3.8, 4) is 6.07 Å². The van der Waals surface area contributed by atoms with Gasteiger partial charge in [-0.15, -0.1) is 24.9 Å². The summed E-state index contributed by atoms with van der Waals surface area (Å²) in [6.07, 6.45) is 10.8. The van der Waals surface area contributed by atoms with Crippen molar-refractivity contribution >= 4 is 31.6 Å². The molecule has 0 saturated carbocycles. The second-order valence-corrected chi connectivity index (χ2v) is 16.0. The summed E-state index contributed by atoms with van der Waals surface area (Å²) in [6.45, 7) is 7.58. The fourth-order valence-electron chi connectivity index (χ4n) is 5.78. The molecule has 0 bridgehead atoms. The van der Waals surface area contributed by atoms with Crippen LogP contribution in [-0.2, 0) is 51.1 Å². The van der Waals surface area contributed by atoms with Gasteiger partial charge in [-0.1, -0.05) is 36.4 Å². The molecule has 1 fully saturated rings. The van der Waals surface area contributed by atoms with E-state index >= 15 is 4.39 Å². The first-order valence-corrected chi connectivity index (χ1v) is 20.3. The fraction of sp³-hybridized carbons (Fsp3) is 0.268. The van der Waals surface area contributed by atoms with E-state index in [0.29, 0.717) is 6.07 Å². The number of phosphoric acid groups is 1. The summed E-state index contributed by atoms with van der Waals surface area (Å²) in [6, 6.07) is 12.0. The molecule has 0 N–H and O–H groups in total. The maximum atomic E-state index is 16.0. The molecule has 4 aromatic rings. The van der Waals surface area contributed by atoms with Crippen molar-refractivity contribution < 1.29 is 54.7 Å². The predicted molar refractivity (Wildman–Crippen MR) is 210 cm³/mol. The van der Waals surface area contributed by atoms with Crippen LogP contribution in [0.4, 0.5) is 17.6 Å². The van der Waals surface area contributed by atoms with Gasteiger partial charge in [-0.05, 0) is 61.0 Å². The zero-order valence-corrected chi connectivity index (χ0v) is 33.3. The van der Waals surface area contributed by atoms with Crippen LogP contribution in [0.15, 0.2) is 111 Å². The Morgan fingerprint density at radius 2 is 1.73 bits per heavy atom. The molecule has 0 amide bonds. The van der Waals surface area contributed by atoms with Crippen molar-refractivity contribution in [1.82, 2.24) is 14.8 Å². The summed E-state index contributed by atoms with van der Waals surface area (Å²) >= 11 is 1.24. The van der Waals surface area contributed by atoms with E-state index in [2.05, 4.69) is 23.2 Å². The van der Waals surface area contributed by atoms with E-state index in [1.165, 1.54) is 59.5 Å². The standard InChI is InChI=1S/C41H39F4N4O8PS/c1-4-16-54-58(51,55-17-5-2)56-22-31-19-32(42)12-14-35(31)40(50)57-41(25-49-27-47-26-48-49,36-15-13-33(43)20-38(36)45)28(3)59-34-23-52-39(53-24-34)9-7-6-8-30-11-10-29(21-46)18-37(30)44/h4-15,18-20,26-28,34,39H,1-2,16-17,22-25H2,3H3. The van der Waals surface area contributed by atoms with Gasteiger partial charge in [0.1, 0.15) is 35.9 Å². The number of hydrogen-bond acceptors (Lipinski definition) is 12. The van der Waals surface area contributed by atoms with Crippen LogP contribution in [-0.4, -0.2) is 64.0 Å². The molecular formula is C41H39F4N4O8PS. The number of hydrogen-bond donors (Lipinski definition) is 0. The molecule has 1 aliphatic rings. The van der Waals surface area contributed by atoms with Gasteiger partial charge in [0.15, 0.2) is 11.9 Å². The Hall–Kier alpha value is -5.18. The summed E-state index contributed by atoms with van der Waals surface area (Å²) < 4.78 is 108. The molecule has 12 nitrogen and oxygen atoms in total. The van der Waals surface area contributed by atoms with E-state index < -0.39 is 66.1 Å². The number of esters is 1. The van der Waals surface area contributed by atoms with Gasteiger partial charge in [0, 0.05) is 22.4 Å². The lowest BCUT2D eigenvalue weighted by Crippen LogP contribution is -2.47. The van der Waals surface area contributed by atoms with Crippen LogP contribution < -0.4 is 0 Å². The Balaban J connectivity index is 1.40. The molecular weight excluding hydrogens is 816 g/mol. The van der Waals surface area contributed by atoms with E-state index in [-0.39, 0.29) is 60.8 Å². The third kappa shape index (κ3) is 12.2. The lowest BCUT2D eigenvalue weighted by atomic mass is 9.89. The van der Waals surface area contributed by atoms with Gasteiger partial charge < -0.3 is 14.2 Å². The molecule has 1 aromatic heterocycles. The zero-order valence-electron chi connectivity index (χ0n) is 31.6. The summed E-state index contributed by atoms with van der Waals surface area (Å²) in [5.41, 5.74) is -2.00. The van der Waals surface area contributed by atoms with Crippen molar-refractivity contribution in [2.75, 3.05) is 26.4 Å². The van der Waals surface area contributed by atoms with Crippen LogP contribution in [0.3, 0.4) is 0 Å². The zero-order chi connectivity index (χ0) is 42.4. The highest BCUT2D eigenvalue weighted by molar-refractivity contribution is 8.00. The summed E-state index contributed by atoms with van der Waals surface area (Å²) in [5, 5.41) is 11.9. The molecule has 2 heterocycles. The van der Waals surface area contributed by atoms with Crippen molar-refractivity contribution in [3.63, 3.8) is 0 Å². The van der Waals surface area contributed by atoms with Crippen LogP contribution in [0, 0.1) is 34.6 Å². The Bertz CT molecular complexity index is 2230. The Kier molecular flexibility index (Phi) is 16.1. The minimum Gasteiger partial charge on any atom is -0.447 e. The first-order chi connectivity index (χ1) is 28.4. The Morgan fingerprint density at radius 3 is 2.37 bits per heavy atom.